The lowest BCUT2D eigenvalue weighted by molar-refractivity contribution is 0.331. The summed E-state index contributed by atoms with van der Waals surface area (Å²) >= 11 is 0. The average Bonchev–Trinajstić information content (AvgIpc) is 2.42. The topological polar surface area (TPSA) is 37.4 Å². The molecule has 0 aliphatic heterocycles. The first-order valence-electron chi connectivity index (χ1n) is 7.96. The van der Waals surface area contributed by atoms with Crippen LogP contribution in [0.5, 0.6) is 0 Å². The molecule has 0 amide bonds. The van der Waals surface area contributed by atoms with Gasteiger partial charge in [0.1, 0.15) is 0 Å². The smallest absolute Gasteiger partial charge is 0.212 e. The first kappa shape index (κ1) is 17.5. The quantitative estimate of drug-likeness (QED) is 0.843. The molecule has 0 saturated heterocycles. The second-order valence-electron chi connectivity index (χ2n) is 8.04. The lowest BCUT2D eigenvalue weighted by Crippen LogP contribution is -2.34. The summed E-state index contributed by atoms with van der Waals surface area (Å²) in [5.74, 6) is 0. The molecule has 1 aliphatic carbocycles. The Labute approximate surface area is 135 Å². The van der Waals surface area contributed by atoms with Gasteiger partial charge in [-0.05, 0) is 47.3 Å². The van der Waals surface area contributed by atoms with Crippen molar-refractivity contribution >= 4 is 10.0 Å². The van der Waals surface area contributed by atoms with Crippen molar-refractivity contribution in [2.24, 2.45) is 0 Å². The molecule has 2 rings (SSSR count). The number of sulfonamides is 1. The highest BCUT2D eigenvalue weighted by atomic mass is 32.2. The number of hydrogen-bond donors (Lipinski definition) is 0. The molecule has 1 aromatic carbocycles. The standard InChI is InChI=1S/C18H29NO2S/c1-13(22(20,21)19(6)7)14-8-9-15-16(12-14)18(4,5)11-10-17(15,2)3/h8-9,12-13H,10-11H2,1-7H3. The van der Waals surface area contributed by atoms with Crippen molar-refractivity contribution in [3.63, 3.8) is 0 Å². The minimum atomic E-state index is -3.29. The van der Waals surface area contributed by atoms with Crippen LogP contribution < -0.4 is 0 Å². The minimum absolute atomic E-state index is 0.0997. The molecule has 4 heteroatoms. The van der Waals surface area contributed by atoms with E-state index in [1.165, 1.54) is 15.4 Å². The summed E-state index contributed by atoms with van der Waals surface area (Å²) in [7, 11) is -0.100. The summed E-state index contributed by atoms with van der Waals surface area (Å²) < 4.78 is 26.1. The molecule has 0 fully saturated rings. The third-order valence-corrected chi connectivity index (χ3v) is 7.49. The summed E-state index contributed by atoms with van der Waals surface area (Å²) in [6.45, 7) is 10.9. The molecule has 1 atom stereocenters. The van der Waals surface area contributed by atoms with E-state index in [4.69, 9.17) is 0 Å². The molecule has 0 heterocycles. The maximum atomic E-state index is 12.4. The summed E-state index contributed by atoms with van der Waals surface area (Å²) in [5.41, 5.74) is 3.82. The first-order valence-corrected chi connectivity index (χ1v) is 9.46. The molecule has 1 aromatic rings. The van der Waals surface area contributed by atoms with E-state index in [2.05, 4.69) is 39.8 Å². The average molecular weight is 324 g/mol. The highest BCUT2D eigenvalue weighted by Gasteiger charge is 2.37. The van der Waals surface area contributed by atoms with Gasteiger partial charge in [-0.3, -0.25) is 0 Å². The van der Waals surface area contributed by atoms with E-state index in [-0.39, 0.29) is 10.8 Å². The van der Waals surface area contributed by atoms with Gasteiger partial charge >= 0.3 is 0 Å². The summed E-state index contributed by atoms with van der Waals surface area (Å²) in [4.78, 5) is 0. The van der Waals surface area contributed by atoms with E-state index in [9.17, 15) is 8.42 Å². The summed E-state index contributed by atoms with van der Waals surface area (Å²) in [6.07, 6.45) is 2.29. The molecule has 0 N–H and O–H groups in total. The SMILES string of the molecule is CC(c1ccc2c(c1)C(C)(C)CCC2(C)C)S(=O)(=O)N(C)C. The van der Waals surface area contributed by atoms with E-state index in [0.717, 1.165) is 18.4 Å². The van der Waals surface area contributed by atoms with Gasteiger partial charge < -0.3 is 0 Å². The second-order valence-corrected chi connectivity index (χ2v) is 10.5. The Balaban J connectivity index is 2.56. The Morgan fingerprint density at radius 1 is 1.00 bits per heavy atom. The molecular weight excluding hydrogens is 294 g/mol. The van der Waals surface area contributed by atoms with E-state index in [1.54, 1.807) is 21.0 Å². The van der Waals surface area contributed by atoms with Gasteiger partial charge in [0.15, 0.2) is 0 Å². The van der Waals surface area contributed by atoms with Crippen molar-refractivity contribution in [2.45, 2.75) is 63.5 Å². The fourth-order valence-corrected chi connectivity index (χ4v) is 4.47. The van der Waals surface area contributed by atoms with Crippen LogP contribution in [0.15, 0.2) is 18.2 Å². The van der Waals surface area contributed by atoms with Gasteiger partial charge in [0.05, 0.1) is 5.25 Å². The van der Waals surface area contributed by atoms with Crippen LogP contribution in [0, 0.1) is 0 Å². The van der Waals surface area contributed by atoms with Gasteiger partial charge in [-0.15, -0.1) is 0 Å². The Morgan fingerprint density at radius 3 is 2.00 bits per heavy atom. The van der Waals surface area contributed by atoms with Crippen LogP contribution in [-0.4, -0.2) is 26.8 Å². The third kappa shape index (κ3) is 2.83. The van der Waals surface area contributed by atoms with E-state index in [1.807, 2.05) is 6.07 Å². The minimum Gasteiger partial charge on any atom is -0.212 e. The van der Waals surface area contributed by atoms with Crippen molar-refractivity contribution in [1.82, 2.24) is 4.31 Å². The molecule has 3 nitrogen and oxygen atoms in total. The van der Waals surface area contributed by atoms with Gasteiger partial charge in [0.25, 0.3) is 0 Å². The number of fused-ring (bicyclic) bond motifs is 1. The predicted molar refractivity (Wildman–Crippen MR) is 92.7 cm³/mol. The van der Waals surface area contributed by atoms with E-state index in [0.29, 0.717) is 0 Å². The van der Waals surface area contributed by atoms with Crippen LogP contribution in [0.25, 0.3) is 0 Å². The molecule has 124 valence electrons. The van der Waals surface area contributed by atoms with Crippen molar-refractivity contribution in [3.05, 3.63) is 34.9 Å². The van der Waals surface area contributed by atoms with Crippen LogP contribution in [0.4, 0.5) is 0 Å². The number of nitrogens with zero attached hydrogens (tertiary/aromatic N) is 1. The molecule has 0 bridgehead atoms. The Bertz CT molecular complexity index is 672. The zero-order valence-corrected chi connectivity index (χ0v) is 15.7. The molecular formula is C18H29NO2S. The lowest BCUT2D eigenvalue weighted by atomic mass is 9.63. The van der Waals surface area contributed by atoms with Crippen molar-refractivity contribution < 1.29 is 8.42 Å². The summed E-state index contributed by atoms with van der Waals surface area (Å²) in [5, 5.41) is -0.520. The second kappa shape index (κ2) is 5.34. The summed E-state index contributed by atoms with van der Waals surface area (Å²) in [6, 6.07) is 6.27. The van der Waals surface area contributed by atoms with Gasteiger partial charge in [0, 0.05) is 14.1 Å². The number of hydrogen-bond acceptors (Lipinski definition) is 2. The number of benzene rings is 1. The highest BCUT2D eigenvalue weighted by molar-refractivity contribution is 7.89. The Hall–Kier alpha value is -0.870. The molecule has 1 aliphatic rings. The molecule has 1 unspecified atom stereocenters. The monoisotopic (exact) mass is 323 g/mol. The fraction of sp³-hybridized carbons (Fsp3) is 0.667. The Morgan fingerprint density at radius 2 is 1.50 bits per heavy atom. The first-order chi connectivity index (χ1) is 9.89. The third-order valence-electron chi connectivity index (χ3n) is 5.30. The van der Waals surface area contributed by atoms with Gasteiger partial charge in [-0.2, -0.15) is 0 Å². The molecule has 0 radical (unpaired) electrons. The van der Waals surface area contributed by atoms with Gasteiger partial charge in [-0.25, -0.2) is 12.7 Å². The van der Waals surface area contributed by atoms with E-state index >= 15 is 0 Å². The van der Waals surface area contributed by atoms with Crippen LogP contribution in [-0.2, 0) is 20.9 Å². The zero-order valence-electron chi connectivity index (χ0n) is 14.9. The lowest BCUT2D eigenvalue weighted by Gasteiger charge is -2.42. The maximum absolute atomic E-state index is 12.4. The largest absolute Gasteiger partial charge is 0.220 e. The maximum Gasteiger partial charge on any atom is 0.220 e. The van der Waals surface area contributed by atoms with Crippen molar-refractivity contribution in [3.8, 4) is 0 Å². The van der Waals surface area contributed by atoms with Crippen LogP contribution in [0.3, 0.4) is 0 Å². The molecule has 22 heavy (non-hydrogen) atoms. The zero-order chi connectivity index (χ0) is 16.9. The normalized spacial score (nSPS) is 21.5. The van der Waals surface area contributed by atoms with Gasteiger partial charge in [-0.1, -0.05) is 45.9 Å². The van der Waals surface area contributed by atoms with Crippen LogP contribution in [0.2, 0.25) is 0 Å². The number of rotatable bonds is 3. The van der Waals surface area contributed by atoms with E-state index < -0.39 is 15.3 Å². The van der Waals surface area contributed by atoms with Crippen LogP contribution >= 0.6 is 0 Å². The fourth-order valence-electron chi connectivity index (χ4n) is 3.35. The predicted octanol–water partition coefficient (Wildman–Crippen LogP) is 3.99. The Kier molecular flexibility index (Phi) is 4.25. The molecule has 0 saturated carbocycles. The highest BCUT2D eigenvalue weighted by Crippen LogP contribution is 2.46. The molecule has 0 spiro atoms. The van der Waals surface area contributed by atoms with Crippen molar-refractivity contribution in [1.29, 1.82) is 0 Å². The van der Waals surface area contributed by atoms with Crippen molar-refractivity contribution in [2.75, 3.05) is 14.1 Å². The molecule has 0 aromatic heterocycles. The van der Waals surface area contributed by atoms with Crippen LogP contribution in [0.1, 0.15) is 69.4 Å². The van der Waals surface area contributed by atoms with Gasteiger partial charge in [0.2, 0.25) is 10.0 Å².